The predicted molar refractivity (Wildman–Crippen MR) is 80.2 cm³/mol. The van der Waals surface area contributed by atoms with E-state index < -0.39 is 6.61 Å². The third-order valence-electron chi connectivity index (χ3n) is 3.63. The molecule has 1 saturated heterocycles. The van der Waals surface area contributed by atoms with Gasteiger partial charge in [-0.1, -0.05) is 12.1 Å². The molecule has 7 heteroatoms. The Balaban J connectivity index is 1.68. The van der Waals surface area contributed by atoms with Crippen LogP contribution in [-0.4, -0.2) is 43.0 Å². The quantitative estimate of drug-likeness (QED) is 0.833. The summed E-state index contributed by atoms with van der Waals surface area (Å²) in [5.41, 5.74) is 0.690. The fourth-order valence-corrected chi connectivity index (χ4v) is 2.47. The number of benzene rings is 1. The van der Waals surface area contributed by atoms with Crippen molar-refractivity contribution in [1.29, 1.82) is 0 Å². The highest BCUT2D eigenvalue weighted by Crippen LogP contribution is 2.15. The number of nitrogens with one attached hydrogen (secondary N) is 1. The van der Waals surface area contributed by atoms with Crippen LogP contribution in [0, 0.1) is 0 Å². The molecule has 0 saturated carbocycles. The lowest BCUT2D eigenvalue weighted by atomic mass is 10.1. The highest BCUT2D eigenvalue weighted by molar-refractivity contribution is 5.80. The van der Waals surface area contributed by atoms with Gasteiger partial charge in [-0.05, 0) is 30.5 Å². The topological polar surface area (TPSA) is 58.6 Å². The van der Waals surface area contributed by atoms with Crippen LogP contribution < -0.4 is 10.1 Å². The van der Waals surface area contributed by atoms with Crippen molar-refractivity contribution >= 4 is 11.8 Å². The highest BCUT2D eigenvalue weighted by atomic mass is 19.3. The zero-order valence-corrected chi connectivity index (χ0v) is 12.8. The monoisotopic (exact) mass is 326 g/mol. The largest absolute Gasteiger partial charge is 0.435 e. The minimum Gasteiger partial charge on any atom is -0.435 e. The lowest BCUT2D eigenvalue weighted by Crippen LogP contribution is -2.33. The molecule has 0 aliphatic carbocycles. The molecule has 23 heavy (non-hydrogen) atoms. The lowest BCUT2D eigenvalue weighted by molar-refractivity contribution is -0.130. The van der Waals surface area contributed by atoms with E-state index in [9.17, 15) is 18.4 Å². The van der Waals surface area contributed by atoms with Gasteiger partial charge in [0.15, 0.2) is 0 Å². The predicted octanol–water partition coefficient (Wildman–Crippen LogP) is 1.96. The maximum Gasteiger partial charge on any atom is 0.387 e. The second kappa shape index (κ2) is 8.45. The first-order valence-electron chi connectivity index (χ1n) is 7.63. The van der Waals surface area contributed by atoms with Crippen molar-refractivity contribution in [2.45, 2.75) is 32.3 Å². The number of ether oxygens (including phenoxy) is 1. The second-order valence-electron chi connectivity index (χ2n) is 5.39. The Morgan fingerprint density at radius 1 is 1.17 bits per heavy atom. The minimum atomic E-state index is -2.86. The molecule has 2 amide bonds. The van der Waals surface area contributed by atoms with Crippen LogP contribution in [0.15, 0.2) is 24.3 Å². The van der Waals surface area contributed by atoms with Crippen molar-refractivity contribution in [3.63, 3.8) is 0 Å². The molecule has 1 aromatic carbocycles. The molecule has 0 spiro atoms. The summed E-state index contributed by atoms with van der Waals surface area (Å²) in [5.74, 6) is -0.0848. The Bertz CT molecular complexity index is 529. The van der Waals surface area contributed by atoms with E-state index in [0.29, 0.717) is 18.5 Å². The summed E-state index contributed by atoms with van der Waals surface area (Å²) in [6.07, 6.45) is 2.52. The normalized spacial score (nSPS) is 14.1. The van der Waals surface area contributed by atoms with Crippen LogP contribution in [0.1, 0.15) is 24.8 Å². The Hall–Kier alpha value is -2.18. The molecule has 0 aromatic heterocycles. The van der Waals surface area contributed by atoms with E-state index in [2.05, 4.69) is 10.1 Å². The summed E-state index contributed by atoms with van der Waals surface area (Å²) in [6.45, 7) is -0.947. The van der Waals surface area contributed by atoms with E-state index in [0.717, 1.165) is 25.9 Å². The van der Waals surface area contributed by atoms with E-state index in [1.807, 2.05) is 4.90 Å². The Labute approximate surface area is 133 Å². The molecule has 0 radical (unpaired) electrons. The van der Waals surface area contributed by atoms with Crippen molar-refractivity contribution in [2.75, 3.05) is 19.6 Å². The van der Waals surface area contributed by atoms with Gasteiger partial charge in [-0.15, -0.1) is 0 Å². The molecule has 1 N–H and O–H groups in total. The Morgan fingerprint density at radius 2 is 1.83 bits per heavy atom. The molecule has 0 bridgehead atoms. The SMILES string of the molecule is O=C(Cc1ccc(OC(F)F)cc1)NCCC(=O)N1CCCC1. The molecule has 0 unspecified atom stereocenters. The van der Waals surface area contributed by atoms with E-state index in [-0.39, 0.29) is 24.0 Å². The summed E-state index contributed by atoms with van der Waals surface area (Å²) >= 11 is 0. The van der Waals surface area contributed by atoms with Gasteiger partial charge in [0.2, 0.25) is 11.8 Å². The van der Waals surface area contributed by atoms with Crippen LogP contribution in [-0.2, 0) is 16.0 Å². The number of nitrogens with zero attached hydrogens (tertiary/aromatic N) is 1. The van der Waals surface area contributed by atoms with Gasteiger partial charge in [-0.2, -0.15) is 8.78 Å². The van der Waals surface area contributed by atoms with Crippen LogP contribution in [0.4, 0.5) is 8.78 Å². The summed E-state index contributed by atoms with van der Waals surface area (Å²) in [5, 5.41) is 2.69. The number of amides is 2. The van der Waals surface area contributed by atoms with Crippen LogP contribution in [0.5, 0.6) is 5.75 Å². The van der Waals surface area contributed by atoms with Gasteiger partial charge in [-0.25, -0.2) is 0 Å². The molecule has 0 atom stereocenters. The first-order chi connectivity index (χ1) is 11.0. The smallest absolute Gasteiger partial charge is 0.387 e. The third-order valence-corrected chi connectivity index (χ3v) is 3.63. The Kier molecular flexibility index (Phi) is 6.31. The molecule has 1 fully saturated rings. The molecule has 1 aliphatic heterocycles. The second-order valence-corrected chi connectivity index (χ2v) is 5.39. The summed E-state index contributed by atoms with van der Waals surface area (Å²) < 4.78 is 28.3. The van der Waals surface area contributed by atoms with Crippen LogP contribution in [0.3, 0.4) is 0 Å². The lowest BCUT2D eigenvalue weighted by Gasteiger charge is -2.15. The van der Waals surface area contributed by atoms with Gasteiger partial charge in [-0.3, -0.25) is 9.59 Å². The summed E-state index contributed by atoms with van der Waals surface area (Å²) in [4.78, 5) is 25.4. The number of likely N-dealkylation sites (tertiary alicyclic amines) is 1. The number of hydrogen-bond acceptors (Lipinski definition) is 3. The zero-order chi connectivity index (χ0) is 16.7. The van der Waals surface area contributed by atoms with Crippen LogP contribution in [0.25, 0.3) is 0 Å². The van der Waals surface area contributed by atoms with E-state index in [4.69, 9.17) is 0 Å². The van der Waals surface area contributed by atoms with Crippen molar-refractivity contribution in [3.8, 4) is 5.75 Å². The van der Waals surface area contributed by atoms with Gasteiger partial charge >= 0.3 is 6.61 Å². The Morgan fingerprint density at radius 3 is 2.43 bits per heavy atom. The summed E-state index contributed by atoms with van der Waals surface area (Å²) in [7, 11) is 0. The highest BCUT2D eigenvalue weighted by Gasteiger charge is 2.17. The molecular weight excluding hydrogens is 306 g/mol. The average molecular weight is 326 g/mol. The van der Waals surface area contributed by atoms with Crippen molar-refractivity contribution in [2.24, 2.45) is 0 Å². The molecule has 5 nitrogen and oxygen atoms in total. The number of carbonyl (C=O) groups is 2. The third kappa shape index (κ3) is 5.84. The fourth-order valence-electron chi connectivity index (χ4n) is 2.47. The van der Waals surface area contributed by atoms with Gasteiger partial charge in [0.1, 0.15) is 5.75 Å². The van der Waals surface area contributed by atoms with E-state index in [1.165, 1.54) is 12.1 Å². The maximum absolute atomic E-state index is 12.0. The van der Waals surface area contributed by atoms with Gasteiger partial charge in [0, 0.05) is 26.1 Å². The molecule has 126 valence electrons. The number of halogens is 2. The van der Waals surface area contributed by atoms with Crippen molar-refractivity contribution in [1.82, 2.24) is 10.2 Å². The van der Waals surface area contributed by atoms with Crippen molar-refractivity contribution < 1.29 is 23.1 Å². The van der Waals surface area contributed by atoms with E-state index in [1.54, 1.807) is 12.1 Å². The zero-order valence-electron chi connectivity index (χ0n) is 12.8. The standard InChI is InChI=1S/C16H20F2N2O3/c17-16(18)23-13-5-3-12(4-6-13)11-14(21)19-8-7-15(22)20-9-1-2-10-20/h3-6,16H,1-2,7-11H2,(H,19,21). The number of hydrogen-bond donors (Lipinski definition) is 1. The molecule has 1 aromatic rings. The molecule has 1 heterocycles. The van der Waals surface area contributed by atoms with Gasteiger partial charge < -0.3 is 15.0 Å². The first-order valence-corrected chi connectivity index (χ1v) is 7.63. The van der Waals surface area contributed by atoms with Crippen LogP contribution in [0.2, 0.25) is 0 Å². The van der Waals surface area contributed by atoms with Gasteiger partial charge in [0.05, 0.1) is 6.42 Å². The number of carbonyl (C=O) groups excluding carboxylic acids is 2. The first kappa shape index (κ1) is 17.2. The van der Waals surface area contributed by atoms with Crippen molar-refractivity contribution in [3.05, 3.63) is 29.8 Å². The fraction of sp³-hybridized carbons (Fsp3) is 0.500. The van der Waals surface area contributed by atoms with E-state index >= 15 is 0 Å². The molecule has 2 rings (SSSR count). The summed E-state index contributed by atoms with van der Waals surface area (Å²) in [6, 6.07) is 5.91. The number of alkyl halides is 2. The number of rotatable bonds is 7. The van der Waals surface area contributed by atoms with Gasteiger partial charge in [0.25, 0.3) is 0 Å². The molecular formula is C16H20F2N2O3. The average Bonchev–Trinajstić information content (AvgIpc) is 3.03. The van der Waals surface area contributed by atoms with Crippen LogP contribution >= 0.6 is 0 Å². The maximum atomic E-state index is 12.0. The molecule has 1 aliphatic rings. The minimum absolute atomic E-state index is 0.0559.